The van der Waals surface area contributed by atoms with E-state index in [1.165, 1.54) is 23.3 Å². The largest absolute Gasteiger partial charge is 0.271 e. The highest BCUT2D eigenvalue weighted by Crippen LogP contribution is 2.23. The lowest BCUT2D eigenvalue weighted by atomic mass is 9.96. The van der Waals surface area contributed by atoms with E-state index < -0.39 is 0 Å². The zero-order valence-corrected chi connectivity index (χ0v) is 13.2. The lowest BCUT2D eigenvalue weighted by molar-refractivity contribution is 0.548. The number of nitrogens with two attached hydrogens (primary N) is 1. The molecule has 0 aliphatic carbocycles. The molecule has 1 atom stereocenters. The van der Waals surface area contributed by atoms with Crippen LogP contribution in [-0.2, 0) is 6.42 Å². The molecule has 4 heteroatoms. The van der Waals surface area contributed by atoms with Crippen LogP contribution in [0.15, 0.2) is 40.9 Å². The molecule has 0 heterocycles. The zero-order chi connectivity index (χ0) is 14.7. The Hall–Kier alpha value is -1.23. The highest BCUT2D eigenvalue weighted by atomic mass is 79.9. The highest BCUT2D eigenvalue weighted by molar-refractivity contribution is 9.10. The van der Waals surface area contributed by atoms with E-state index in [-0.39, 0.29) is 11.9 Å². The van der Waals surface area contributed by atoms with Gasteiger partial charge in [-0.15, -0.1) is 0 Å². The summed E-state index contributed by atoms with van der Waals surface area (Å²) >= 11 is 3.31. The number of nitrogens with one attached hydrogen (secondary N) is 1. The van der Waals surface area contributed by atoms with E-state index in [0.29, 0.717) is 6.42 Å². The molecule has 0 aromatic heterocycles. The Morgan fingerprint density at radius 3 is 2.30 bits per heavy atom. The number of hydrogen-bond acceptors (Lipinski definition) is 2. The van der Waals surface area contributed by atoms with Gasteiger partial charge >= 0.3 is 0 Å². The number of benzene rings is 2. The summed E-state index contributed by atoms with van der Waals surface area (Å²) in [5.41, 5.74) is 7.23. The van der Waals surface area contributed by atoms with Gasteiger partial charge in [-0.1, -0.05) is 45.3 Å². The first-order valence-electron chi connectivity index (χ1n) is 6.47. The average molecular weight is 337 g/mol. The quantitative estimate of drug-likeness (QED) is 0.655. The highest BCUT2D eigenvalue weighted by Gasteiger charge is 2.12. The van der Waals surface area contributed by atoms with Crippen molar-refractivity contribution in [3.8, 4) is 0 Å². The molecule has 0 aliphatic rings. The van der Waals surface area contributed by atoms with Crippen LogP contribution in [-0.4, -0.2) is 0 Å². The van der Waals surface area contributed by atoms with E-state index >= 15 is 0 Å². The second-order valence-corrected chi connectivity index (χ2v) is 6.04. The minimum Gasteiger partial charge on any atom is -0.271 e. The van der Waals surface area contributed by atoms with E-state index in [0.717, 1.165) is 15.6 Å². The van der Waals surface area contributed by atoms with Crippen molar-refractivity contribution in [1.82, 2.24) is 5.43 Å². The topological polar surface area (TPSA) is 38.0 Å². The molecular formula is C16H18BrFN2. The Balaban J connectivity index is 2.28. The molecule has 2 nitrogen and oxygen atoms in total. The van der Waals surface area contributed by atoms with Gasteiger partial charge in [-0.25, -0.2) is 4.39 Å². The standard InChI is InChI=1S/C16H18BrFN2/c1-10-3-11(2)5-13(4-10)16(20-19)8-12-6-14(17)9-15(18)7-12/h3-7,9,16,20H,8,19H2,1-2H3. The summed E-state index contributed by atoms with van der Waals surface area (Å²) in [5.74, 6) is 5.43. The maximum absolute atomic E-state index is 13.4. The molecule has 20 heavy (non-hydrogen) atoms. The van der Waals surface area contributed by atoms with Crippen LogP contribution >= 0.6 is 15.9 Å². The molecule has 2 rings (SSSR count). The Labute approximate surface area is 127 Å². The van der Waals surface area contributed by atoms with Crippen molar-refractivity contribution in [2.45, 2.75) is 26.3 Å². The fourth-order valence-corrected chi connectivity index (χ4v) is 2.96. The number of hydrazine groups is 1. The summed E-state index contributed by atoms with van der Waals surface area (Å²) in [5, 5.41) is 0. The molecule has 0 amide bonds. The number of halogens is 2. The maximum Gasteiger partial charge on any atom is 0.124 e. The second-order valence-electron chi connectivity index (χ2n) is 5.12. The van der Waals surface area contributed by atoms with Crippen molar-refractivity contribution < 1.29 is 4.39 Å². The smallest absolute Gasteiger partial charge is 0.124 e. The zero-order valence-electron chi connectivity index (χ0n) is 11.6. The number of rotatable bonds is 4. The van der Waals surface area contributed by atoms with Crippen LogP contribution in [0.25, 0.3) is 0 Å². The normalized spacial score (nSPS) is 12.4. The molecule has 2 aromatic rings. The number of hydrogen-bond donors (Lipinski definition) is 2. The van der Waals surface area contributed by atoms with Gasteiger partial charge < -0.3 is 0 Å². The van der Waals surface area contributed by atoms with Gasteiger partial charge in [0.1, 0.15) is 5.82 Å². The Morgan fingerprint density at radius 2 is 1.75 bits per heavy atom. The van der Waals surface area contributed by atoms with Crippen LogP contribution in [0.2, 0.25) is 0 Å². The van der Waals surface area contributed by atoms with Crippen molar-refractivity contribution in [2.75, 3.05) is 0 Å². The van der Waals surface area contributed by atoms with Gasteiger partial charge in [-0.2, -0.15) is 0 Å². The maximum atomic E-state index is 13.4. The van der Waals surface area contributed by atoms with E-state index in [1.54, 1.807) is 0 Å². The summed E-state index contributed by atoms with van der Waals surface area (Å²) in [6, 6.07) is 11.2. The van der Waals surface area contributed by atoms with E-state index in [1.807, 2.05) is 6.07 Å². The minimum atomic E-state index is -0.245. The van der Waals surface area contributed by atoms with Gasteiger partial charge in [0.2, 0.25) is 0 Å². The van der Waals surface area contributed by atoms with Crippen LogP contribution in [0.4, 0.5) is 4.39 Å². The van der Waals surface area contributed by atoms with Crippen molar-refractivity contribution in [1.29, 1.82) is 0 Å². The van der Waals surface area contributed by atoms with Crippen molar-refractivity contribution >= 4 is 15.9 Å². The molecule has 0 aliphatic heterocycles. The first-order chi connectivity index (χ1) is 9.47. The summed E-state index contributed by atoms with van der Waals surface area (Å²) in [4.78, 5) is 0. The van der Waals surface area contributed by atoms with Crippen LogP contribution in [0.1, 0.15) is 28.3 Å². The van der Waals surface area contributed by atoms with Gasteiger partial charge in [0.05, 0.1) is 6.04 Å². The molecule has 0 fully saturated rings. The van der Waals surface area contributed by atoms with Crippen LogP contribution in [0.5, 0.6) is 0 Å². The fourth-order valence-electron chi connectivity index (χ4n) is 2.45. The summed E-state index contributed by atoms with van der Waals surface area (Å²) in [7, 11) is 0. The fraction of sp³-hybridized carbons (Fsp3) is 0.250. The molecule has 2 aromatic carbocycles. The monoisotopic (exact) mass is 336 g/mol. The van der Waals surface area contributed by atoms with Gasteiger partial charge in [0.15, 0.2) is 0 Å². The summed E-state index contributed by atoms with van der Waals surface area (Å²) in [6.07, 6.45) is 0.635. The lowest BCUT2D eigenvalue weighted by Crippen LogP contribution is -2.29. The van der Waals surface area contributed by atoms with Crippen molar-refractivity contribution in [3.63, 3.8) is 0 Å². The molecule has 3 N–H and O–H groups in total. The molecule has 106 valence electrons. The average Bonchev–Trinajstić information content (AvgIpc) is 2.33. The third-order valence-corrected chi connectivity index (χ3v) is 3.67. The minimum absolute atomic E-state index is 0.0395. The molecule has 1 unspecified atom stereocenters. The summed E-state index contributed by atoms with van der Waals surface area (Å²) < 4.78 is 14.2. The lowest BCUT2D eigenvalue weighted by Gasteiger charge is -2.18. The molecule has 0 spiro atoms. The van der Waals surface area contributed by atoms with E-state index in [4.69, 9.17) is 5.84 Å². The Morgan fingerprint density at radius 1 is 1.10 bits per heavy atom. The van der Waals surface area contributed by atoms with Crippen LogP contribution in [0.3, 0.4) is 0 Å². The van der Waals surface area contributed by atoms with Crippen LogP contribution in [0, 0.1) is 19.7 Å². The van der Waals surface area contributed by atoms with Crippen molar-refractivity contribution in [2.24, 2.45) is 5.84 Å². The molecule has 0 saturated heterocycles. The van der Waals surface area contributed by atoms with Gasteiger partial charge in [-0.05, 0) is 49.6 Å². The Bertz CT molecular complexity index is 573. The molecule has 0 radical (unpaired) electrons. The van der Waals surface area contributed by atoms with Gasteiger partial charge in [0.25, 0.3) is 0 Å². The first kappa shape index (κ1) is 15.2. The first-order valence-corrected chi connectivity index (χ1v) is 7.26. The molecule has 0 saturated carbocycles. The SMILES string of the molecule is Cc1cc(C)cc(C(Cc2cc(F)cc(Br)c2)NN)c1. The third-order valence-electron chi connectivity index (χ3n) is 3.21. The summed E-state index contributed by atoms with van der Waals surface area (Å²) in [6.45, 7) is 4.12. The predicted molar refractivity (Wildman–Crippen MR) is 83.8 cm³/mol. The molecule has 0 bridgehead atoms. The van der Waals surface area contributed by atoms with Crippen molar-refractivity contribution in [3.05, 3.63) is 68.9 Å². The third kappa shape index (κ3) is 3.88. The van der Waals surface area contributed by atoms with Gasteiger partial charge in [0, 0.05) is 4.47 Å². The molecular weight excluding hydrogens is 319 g/mol. The van der Waals surface area contributed by atoms with E-state index in [9.17, 15) is 4.39 Å². The van der Waals surface area contributed by atoms with Gasteiger partial charge in [-0.3, -0.25) is 11.3 Å². The van der Waals surface area contributed by atoms with Crippen LogP contribution < -0.4 is 11.3 Å². The second kappa shape index (κ2) is 6.48. The Kier molecular flexibility index (Phi) is 4.91. The number of aryl methyl sites for hydroxylation is 2. The predicted octanol–water partition coefficient (Wildman–Crippen LogP) is 3.95. The van der Waals surface area contributed by atoms with E-state index in [2.05, 4.69) is 53.4 Å².